The molecule has 3 amide bonds. The molecule has 0 spiro atoms. The monoisotopic (exact) mass is 575 g/mol. The van der Waals surface area contributed by atoms with E-state index in [1.54, 1.807) is 48.7 Å². The van der Waals surface area contributed by atoms with Crippen molar-refractivity contribution in [1.82, 2.24) is 35.5 Å². The van der Waals surface area contributed by atoms with E-state index in [0.717, 1.165) is 6.08 Å². The van der Waals surface area contributed by atoms with Gasteiger partial charge in [0.1, 0.15) is 12.2 Å². The molecule has 4 aromatic rings. The number of aromatic amines is 1. The third-order valence-corrected chi connectivity index (χ3v) is 6.06. The second kappa shape index (κ2) is 13.2. The molecule has 0 fully saturated rings. The Kier molecular flexibility index (Phi) is 9.22. The van der Waals surface area contributed by atoms with Gasteiger partial charge in [0.2, 0.25) is 11.8 Å². The molecule has 0 saturated heterocycles. The van der Waals surface area contributed by atoms with Crippen LogP contribution in [0, 0.1) is 0 Å². The Bertz CT molecular complexity index is 1600. The van der Waals surface area contributed by atoms with E-state index in [0.29, 0.717) is 51.2 Å². The number of carbonyl (C=O) groups is 3. The van der Waals surface area contributed by atoms with E-state index in [1.807, 2.05) is 6.92 Å². The van der Waals surface area contributed by atoms with Crippen molar-refractivity contribution < 1.29 is 19.1 Å². The fourth-order valence-corrected chi connectivity index (χ4v) is 4.02. The average molecular weight is 576 g/mol. The number of benzene rings is 2. The van der Waals surface area contributed by atoms with Gasteiger partial charge in [0, 0.05) is 34.1 Å². The van der Waals surface area contributed by atoms with Crippen LogP contribution in [0.25, 0.3) is 23.0 Å². The third kappa shape index (κ3) is 7.22. The van der Waals surface area contributed by atoms with Crippen molar-refractivity contribution in [2.45, 2.75) is 19.4 Å². The molecule has 1 atom stereocenters. The molecule has 14 heteroatoms. The Morgan fingerprint density at radius 3 is 2.71 bits per heavy atom. The highest BCUT2D eigenvalue weighted by molar-refractivity contribution is 6.30. The largest absolute Gasteiger partial charge is 0.453 e. The van der Waals surface area contributed by atoms with E-state index >= 15 is 0 Å². The molecule has 4 rings (SSSR count). The Labute approximate surface area is 239 Å². The Morgan fingerprint density at radius 2 is 2.00 bits per heavy atom. The van der Waals surface area contributed by atoms with Gasteiger partial charge in [0.25, 0.3) is 0 Å². The smallest absolute Gasteiger partial charge is 0.411 e. The van der Waals surface area contributed by atoms with Crippen molar-refractivity contribution in [2.24, 2.45) is 0 Å². The molecule has 2 aromatic carbocycles. The number of carbonyl (C=O) groups excluding carboxylic acids is 3. The van der Waals surface area contributed by atoms with E-state index in [2.05, 4.69) is 52.8 Å². The van der Waals surface area contributed by atoms with Crippen LogP contribution in [0.4, 0.5) is 16.2 Å². The number of rotatable bonds is 10. The summed E-state index contributed by atoms with van der Waals surface area (Å²) in [5.74, 6) is -0.278. The first-order valence-corrected chi connectivity index (χ1v) is 12.7. The molecule has 0 aliphatic heterocycles. The van der Waals surface area contributed by atoms with Crippen LogP contribution in [0.15, 0.2) is 67.7 Å². The predicted molar refractivity (Wildman–Crippen MR) is 153 cm³/mol. The van der Waals surface area contributed by atoms with Crippen LogP contribution in [0.2, 0.25) is 5.02 Å². The SMILES string of the molecule is C=CC(=O)Nc1cc(NC(=O)OC)ccc1-c1c[nH]c([C@H](CC)NC(=O)/C=C/c2cc(Cl)ccc2-n2cnnn2)n1. The maximum absolute atomic E-state index is 12.9. The first kappa shape index (κ1) is 28.7. The summed E-state index contributed by atoms with van der Waals surface area (Å²) in [5.41, 5.74) is 3.18. The maximum atomic E-state index is 12.9. The lowest BCUT2D eigenvalue weighted by atomic mass is 10.1. The van der Waals surface area contributed by atoms with Gasteiger partial charge >= 0.3 is 6.09 Å². The van der Waals surface area contributed by atoms with E-state index in [1.165, 1.54) is 24.2 Å². The minimum atomic E-state index is -0.654. The summed E-state index contributed by atoms with van der Waals surface area (Å²) in [6.07, 6.45) is 7.14. The number of halogens is 1. The zero-order valence-electron chi connectivity index (χ0n) is 22.1. The van der Waals surface area contributed by atoms with Crippen molar-refractivity contribution in [1.29, 1.82) is 0 Å². The molecule has 0 saturated carbocycles. The second-order valence-electron chi connectivity index (χ2n) is 8.50. The van der Waals surface area contributed by atoms with Gasteiger partial charge in [-0.2, -0.15) is 4.68 Å². The molecule has 0 bridgehead atoms. The Hall–Kier alpha value is -5.30. The molecule has 2 heterocycles. The Balaban J connectivity index is 1.53. The van der Waals surface area contributed by atoms with E-state index < -0.39 is 18.0 Å². The van der Waals surface area contributed by atoms with Crippen molar-refractivity contribution in [2.75, 3.05) is 17.7 Å². The number of imidazole rings is 1. The van der Waals surface area contributed by atoms with Crippen LogP contribution in [-0.4, -0.2) is 55.2 Å². The lowest BCUT2D eigenvalue weighted by Gasteiger charge is -2.14. The van der Waals surface area contributed by atoms with Crippen LogP contribution in [0.1, 0.15) is 30.8 Å². The normalized spacial score (nSPS) is 11.6. The van der Waals surface area contributed by atoms with Crippen LogP contribution < -0.4 is 16.0 Å². The third-order valence-electron chi connectivity index (χ3n) is 5.82. The van der Waals surface area contributed by atoms with Crippen molar-refractivity contribution in [3.05, 3.63) is 84.1 Å². The van der Waals surface area contributed by atoms with E-state index in [-0.39, 0.29) is 5.91 Å². The van der Waals surface area contributed by atoms with Crippen LogP contribution in [-0.2, 0) is 14.3 Å². The molecule has 0 aliphatic rings. The van der Waals surface area contributed by atoms with Gasteiger partial charge in [0.05, 0.1) is 30.2 Å². The number of H-pyrrole nitrogens is 1. The molecular formula is C27H26ClN9O4. The molecule has 13 nitrogen and oxygen atoms in total. The van der Waals surface area contributed by atoms with Crippen LogP contribution >= 0.6 is 11.6 Å². The first-order valence-electron chi connectivity index (χ1n) is 12.3. The lowest BCUT2D eigenvalue weighted by Crippen LogP contribution is -2.27. The number of hydrogen-bond donors (Lipinski definition) is 4. The number of anilines is 2. The zero-order valence-corrected chi connectivity index (χ0v) is 22.8. The number of aromatic nitrogens is 6. The summed E-state index contributed by atoms with van der Waals surface area (Å²) in [6.45, 7) is 5.39. The number of ether oxygens (including phenoxy) is 1. The highest BCUT2D eigenvalue weighted by Crippen LogP contribution is 2.31. The molecule has 2 aromatic heterocycles. The number of nitrogens with zero attached hydrogens (tertiary/aromatic N) is 5. The number of methoxy groups -OCH3 is 1. The molecule has 0 radical (unpaired) electrons. The van der Waals surface area contributed by atoms with E-state index in [4.69, 9.17) is 11.6 Å². The van der Waals surface area contributed by atoms with Crippen molar-refractivity contribution in [3.8, 4) is 16.9 Å². The quantitative estimate of drug-likeness (QED) is 0.203. The molecule has 41 heavy (non-hydrogen) atoms. The predicted octanol–water partition coefficient (Wildman–Crippen LogP) is 4.29. The number of hydrogen-bond acceptors (Lipinski definition) is 8. The van der Waals surface area contributed by atoms with Crippen LogP contribution in [0.5, 0.6) is 0 Å². The highest BCUT2D eigenvalue weighted by Gasteiger charge is 2.18. The van der Waals surface area contributed by atoms with Crippen molar-refractivity contribution in [3.63, 3.8) is 0 Å². The van der Waals surface area contributed by atoms with Gasteiger partial charge in [-0.3, -0.25) is 14.9 Å². The topological polar surface area (TPSA) is 169 Å². The fourth-order valence-electron chi connectivity index (χ4n) is 3.84. The summed E-state index contributed by atoms with van der Waals surface area (Å²) in [4.78, 5) is 44.3. The minimum Gasteiger partial charge on any atom is -0.453 e. The highest BCUT2D eigenvalue weighted by atomic mass is 35.5. The number of tetrazole rings is 1. The second-order valence-corrected chi connectivity index (χ2v) is 8.94. The van der Waals surface area contributed by atoms with Gasteiger partial charge in [0.15, 0.2) is 0 Å². The van der Waals surface area contributed by atoms with Gasteiger partial charge in [-0.1, -0.05) is 25.1 Å². The first-order chi connectivity index (χ1) is 19.8. The fraction of sp³-hybridized carbons (Fsp3) is 0.148. The Morgan fingerprint density at radius 1 is 1.17 bits per heavy atom. The summed E-state index contributed by atoms with van der Waals surface area (Å²) in [6, 6.07) is 9.63. The molecule has 4 N–H and O–H groups in total. The van der Waals surface area contributed by atoms with Crippen LogP contribution in [0.3, 0.4) is 0 Å². The summed E-state index contributed by atoms with van der Waals surface area (Å²) >= 11 is 6.16. The average Bonchev–Trinajstić information content (AvgIpc) is 3.68. The molecule has 0 aliphatic carbocycles. The van der Waals surface area contributed by atoms with Gasteiger partial charge in [-0.05, 0) is 65.4 Å². The molecule has 0 unspecified atom stereocenters. The van der Waals surface area contributed by atoms with E-state index in [9.17, 15) is 14.4 Å². The zero-order chi connectivity index (χ0) is 29.4. The van der Waals surface area contributed by atoms with Crippen molar-refractivity contribution >= 4 is 47.0 Å². The minimum absolute atomic E-state index is 0.352. The van der Waals surface area contributed by atoms with Gasteiger partial charge < -0.3 is 20.4 Å². The number of amides is 3. The molecular weight excluding hydrogens is 550 g/mol. The standard InChI is InChI=1S/C27H26ClN9O4/c1-4-20(32-25(39)11-6-16-12-17(28)7-10-23(16)37-15-30-35-36-37)26-29-14-22(34-26)19-9-8-18(31-27(40)41-3)13-21(19)33-24(38)5-2/h5-15,20H,2,4H2,1,3H3,(H,29,34)(H,31,40)(H,32,39)(H,33,38)/b11-6+/t20-/m0/s1. The number of nitrogens with one attached hydrogen (secondary N) is 4. The van der Waals surface area contributed by atoms with Gasteiger partial charge in [-0.25, -0.2) is 9.78 Å². The summed E-state index contributed by atoms with van der Waals surface area (Å²) < 4.78 is 6.10. The molecule has 210 valence electrons. The summed E-state index contributed by atoms with van der Waals surface area (Å²) in [5, 5.41) is 19.9. The lowest BCUT2D eigenvalue weighted by molar-refractivity contribution is -0.117. The van der Waals surface area contributed by atoms with Gasteiger partial charge in [-0.15, -0.1) is 5.10 Å². The maximum Gasteiger partial charge on any atom is 0.411 e. The summed E-state index contributed by atoms with van der Waals surface area (Å²) in [7, 11) is 1.25.